The Kier molecular flexibility index (Phi) is 6.63. The number of benzene rings is 1. The molecule has 1 saturated heterocycles. The lowest BCUT2D eigenvalue weighted by molar-refractivity contribution is 0.0746. The SMILES string of the molecule is CCCCCOc1ccc(C(=O)N2CCN(c3ccc(C)nn3)CC2)cc1. The normalized spacial score (nSPS) is 14.3. The minimum Gasteiger partial charge on any atom is -0.494 e. The fraction of sp³-hybridized carbons (Fsp3) is 0.476. The van der Waals surface area contributed by atoms with Crippen LogP contribution in [0.3, 0.4) is 0 Å². The molecule has 1 aliphatic heterocycles. The number of amides is 1. The van der Waals surface area contributed by atoms with Gasteiger partial charge in [-0.2, -0.15) is 5.10 Å². The van der Waals surface area contributed by atoms with E-state index in [4.69, 9.17) is 4.74 Å². The molecule has 0 bridgehead atoms. The molecular weight excluding hydrogens is 340 g/mol. The predicted molar refractivity (Wildman–Crippen MR) is 106 cm³/mol. The first kappa shape index (κ1) is 19.1. The molecule has 2 aromatic rings. The molecule has 1 aliphatic rings. The molecule has 1 aromatic carbocycles. The van der Waals surface area contributed by atoms with Crippen LogP contribution in [-0.2, 0) is 0 Å². The Morgan fingerprint density at radius 2 is 1.74 bits per heavy atom. The van der Waals surface area contributed by atoms with Crippen molar-refractivity contribution in [1.29, 1.82) is 0 Å². The van der Waals surface area contributed by atoms with E-state index in [1.54, 1.807) is 0 Å². The van der Waals surface area contributed by atoms with Crippen LogP contribution >= 0.6 is 0 Å². The summed E-state index contributed by atoms with van der Waals surface area (Å²) in [7, 11) is 0. The van der Waals surface area contributed by atoms with Gasteiger partial charge in [-0.25, -0.2) is 0 Å². The highest BCUT2D eigenvalue weighted by molar-refractivity contribution is 5.94. The number of aryl methyl sites for hydroxylation is 1. The Bertz CT molecular complexity index is 723. The molecule has 0 radical (unpaired) electrons. The van der Waals surface area contributed by atoms with Crippen LogP contribution in [0.2, 0.25) is 0 Å². The van der Waals surface area contributed by atoms with Crippen LogP contribution < -0.4 is 9.64 Å². The van der Waals surface area contributed by atoms with E-state index >= 15 is 0 Å². The average molecular weight is 368 g/mol. The van der Waals surface area contributed by atoms with Gasteiger partial charge in [0.2, 0.25) is 0 Å². The van der Waals surface area contributed by atoms with Crippen LogP contribution in [0.5, 0.6) is 5.75 Å². The monoisotopic (exact) mass is 368 g/mol. The van der Waals surface area contributed by atoms with Gasteiger partial charge in [0.05, 0.1) is 12.3 Å². The summed E-state index contributed by atoms with van der Waals surface area (Å²) < 4.78 is 5.72. The average Bonchev–Trinajstić information content (AvgIpc) is 2.72. The number of hydrogen-bond donors (Lipinski definition) is 0. The van der Waals surface area contributed by atoms with E-state index in [1.165, 1.54) is 12.8 Å². The molecule has 0 saturated carbocycles. The van der Waals surface area contributed by atoms with Crippen LogP contribution in [-0.4, -0.2) is 53.8 Å². The lowest BCUT2D eigenvalue weighted by Gasteiger charge is -2.35. The van der Waals surface area contributed by atoms with Crippen LogP contribution in [0, 0.1) is 6.92 Å². The van der Waals surface area contributed by atoms with Crippen LogP contribution in [0.4, 0.5) is 5.82 Å². The molecule has 27 heavy (non-hydrogen) atoms. The van der Waals surface area contributed by atoms with Gasteiger partial charge >= 0.3 is 0 Å². The maximum Gasteiger partial charge on any atom is 0.253 e. The first-order valence-electron chi connectivity index (χ1n) is 9.75. The molecule has 6 heteroatoms. The Morgan fingerprint density at radius 3 is 2.37 bits per heavy atom. The number of aromatic nitrogens is 2. The number of anilines is 1. The van der Waals surface area contributed by atoms with Gasteiger partial charge in [-0.05, 0) is 49.7 Å². The Labute approximate surface area is 161 Å². The fourth-order valence-corrected chi connectivity index (χ4v) is 3.12. The highest BCUT2D eigenvalue weighted by Gasteiger charge is 2.23. The minimum absolute atomic E-state index is 0.0715. The van der Waals surface area contributed by atoms with Crippen molar-refractivity contribution in [1.82, 2.24) is 15.1 Å². The molecule has 144 valence electrons. The van der Waals surface area contributed by atoms with Crippen molar-refractivity contribution < 1.29 is 9.53 Å². The molecule has 1 amide bonds. The van der Waals surface area contributed by atoms with Crippen LogP contribution in [0.15, 0.2) is 36.4 Å². The van der Waals surface area contributed by atoms with E-state index in [-0.39, 0.29) is 5.91 Å². The number of unbranched alkanes of at least 4 members (excludes halogenated alkanes) is 2. The third-order valence-corrected chi connectivity index (χ3v) is 4.79. The van der Waals surface area contributed by atoms with Crippen molar-refractivity contribution in [3.8, 4) is 5.75 Å². The van der Waals surface area contributed by atoms with Crippen LogP contribution in [0.25, 0.3) is 0 Å². The smallest absolute Gasteiger partial charge is 0.253 e. The van der Waals surface area contributed by atoms with Crippen molar-refractivity contribution in [2.45, 2.75) is 33.1 Å². The summed E-state index contributed by atoms with van der Waals surface area (Å²) in [4.78, 5) is 16.8. The summed E-state index contributed by atoms with van der Waals surface area (Å²) in [5.74, 6) is 1.77. The lowest BCUT2D eigenvalue weighted by atomic mass is 10.1. The summed E-state index contributed by atoms with van der Waals surface area (Å²) >= 11 is 0. The lowest BCUT2D eigenvalue weighted by Crippen LogP contribution is -2.49. The number of carbonyl (C=O) groups excluding carboxylic acids is 1. The summed E-state index contributed by atoms with van der Waals surface area (Å²) in [5.41, 5.74) is 1.62. The number of nitrogens with zero attached hydrogens (tertiary/aromatic N) is 4. The van der Waals surface area contributed by atoms with Gasteiger partial charge in [0.1, 0.15) is 5.75 Å². The van der Waals surface area contributed by atoms with Gasteiger partial charge in [-0.3, -0.25) is 4.79 Å². The fourth-order valence-electron chi connectivity index (χ4n) is 3.12. The standard InChI is InChI=1S/C21H28N4O2/c1-3-4-5-16-27-19-9-7-18(8-10-19)21(26)25-14-12-24(13-15-25)20-11-6-17(2)22-23-20/h6-11H,3-5,12-16H2,1-2H3. The zero-order valence-electron chi connectivity index (χ0n) is 16.2. The second-order valence-corrected chi connectivity index (χ2v) is 6.89. The maximum absolute atomic E-state index is 12.7. The first-order chi connectivity index (χ1) is 13.2. The van der Waals surface area contributed by atoms with E-state index in [0.29, 0.717) is 18.7 Å². The molecule has 0 spiro atoms. The zero-order chi connectivity index (χ0) is 19.1. The molecular formula is C21H28N4O2. The van der Waals surface area contributed by atoms with Crippen molar-refractivity contribution in [3.63, 3.8) is 0 Å². The van der Waals surface area contributed by atoms with Crippen molar-refractivity contribution >= 4 is 11.7 Å². The number of piperazine rings is 1. The quantitative estimate of drug-likeness (QED) is 0.702. The molecule has 3 rings (SSSR count). The number of hydrogen-bond acceptors (Lipinski definition) is 5. The Morgan fingerprint density at radius 1 is 1.00 bits per heavy atom. The van der Waals surface area contributed by atoms with Crippen molar-refractivity contribution in [2.24, 2.45) is 0 Å². The maximum atomic E-state index is 12.7. The largest absolute Gasteiger partial charge is 0.494 e. The van der Waals surface area contributed by atoms with E-state index in [2.05, 4.69) is 22.0 Å². The first-order valence-corrected chi connectivity index (χ1v) is 9.75. The number of ether oxygens (including phenoxy) is 1. The molecule has 6 nitrogen and oxygen atoms in total. The van der Waals surface area contributed by atoms with E-state index in [9.17, 15) is 4.79 Å². The van der Waals surface area contributed by atoms with Crippen molar-refractivity contribution in [2.75, 3.05) is 37.7 Å². The molecule has 1 fully saturated rings. The molecule has 2 heterocycles. The van der Waals surface area contributed by atoms with Gasteiger partial charge < -0.3 is 14.5 Å². The zero-order valence-corrected chi connectivity index (χ0v) is 16.2. The van der Waals surface area contributed by atoms with Crippen LogP contribution in [0.1, 0.15) is 42.2 Å². The van der Waals surface area contributed by atoms with Gasteiger partial charge in [-0.15, -0.1) is 5.10 Å². The molecule has 1 aromatic heterocycles. The van der Waals surface area contributed by atoms with Gasteiger partial charge in [0, 0.05) is 31.7 Å². The van der Waals surface area contributed by atoms with Gasteiger partial charge in [0.25, 0.3) is 5.91 Å². The highest BCUT2D eigenvalue weighted by Crippen LogP contribution is 2.17. The molecule has 0 aliphatic carbocycles. The molecule has 0 atom stereocenters. The summed E-state index contributed by atoms with van der Waals surface area (Å²) in [6.07, 6.45) is 3.42. The molecule has 0 N–H and O–H groups in total. The third-order valence-electron chi connectivity index (χ3n) is 4.79. The summed E-state index contributed by atoms with van der Waals surface area (Å²) in [6.45, 7) is 7.73. The number of carbonyl (C=O) groups is 1. The highest BCUT2D eigenvalue weighted by atomic mass is 16.5. The van der Waals surface area contributed by atoms with Crippen molar-refractivity contribution in [3.05, 3.63) is 47.7 Å². The van der Waals surface area contributed by atoms with E-state index < -0.39 is 0 Å². The van der Waals surface area contributed by atoms with E-state index in [1.807, 2.05) is 48.2 Å². The Hall–Kier alpha value is -2.63. The summed E-state index contributed by atoms with van der Waals surface area (Å²) in [5, 5.41) is 8.35. The number of rotatable bonds is 7. The second kappa shape index (κ2) is 9.35. The third kappa shape index (κ3) is 5.18. The summed E-state index contributed by atoms with van der Waals surface area (Å²) in [6, 6.07) is 11.4. The molecule has 0 unspecified atom stereocenters. The topological polar surface area (TPSA) is 58.6 Å². The second-order valence-electron chi connectivity index (χ2n) is 6.89. The minimum atomic E-state index is 0.0715. The van der Waals surface area contributed by atoms with Gasteiger partial charge in [-0.1, -0.05) is 19.8 Å². The van der Waals surface area contributed by atoms with Gasteiger partial charge in [0.15, 0.2) is 5.82 Å². The Balaban J connectivity index is 1.50. The van der Waals surface area contributed by atoms with E-state index in [0.717, 1.165) is 43.4 Å². The predicted octanol–water partition coefficient (Wildman–Crippen LogP) is 3.32.